The van der Waals surface area contributed by atoms with Crippen LogP contribution in [0.25, 0.3) is 0 Å². The summed E-state index contributed by atoms with van der Waals surface area (Å²) in [6, 6.07) is 8.90. The quantitative estimate of drug-likeness (QED) is 0.566. The van der Waals surface area contributed by atoms with Crippen LogP contribution >= 0.6 is 0 Å². The van der Waals surface area contributed by atoms with Gasteiger partial charge in [0.15, 0.2) is 6.10 Å². The number of carbonyl (C=O) groups excluding carboxylic acids is 4. The highest BCUT2D eigenvalue weighted by Crippen LogP contribution is 2.45. The van der Waals surface area contributed by atoms with E-state index in [0.717, 1.165) is 24.8 Å². The third-order valence-corrected chi connectivity index (χ3v) is 7.14. The minimum absolute atomic E-state index is 0.0937. The molecule has 2 fully saturated rings. The molecule has 0 aromatic heterocycles. The third-order valence-electron chi connectivity index (χ3n) is 7.14. The molecule has 4 atom stereocenters. The molecule has 4 rings (SSSR count). The summed E-state index contributed by atoms with van der Waals surface area (Å²) in [5, 5.41) is 5.97. The third kappa shape index (κ3) is 5.83. The molecule has 2 heterocycles. The monoisotopic (exact) mass is 482 g/mol. The second-order valence-corrected chi connectivity index (χ2v) is 9.62. The van der Waals surface area contributed by atoms with Gasteiger partial charge in [-0.25, -0.2) is 4.79 Å². The molecular weight excluding hydrogens is 448 g/mol. The first-order chi connectivity index (χ1) is 16.9. The Morgan fingerprint density at radius 1 is 1.11 bits per heavy atom. The summed E-state index contributed by atoms with van der Waals surface area (Å²) < 4.78 is 5.13. The van der Waals surface area contributed by atoms with E-state index in [2.05, 4.69) is 16.7 Å². The molecule has 0 spiro atoms. The van der Waals surface area contributed by atoms with Gasteiger partial charge in [-0.1, -0.05) is 48.9 Å². The van der Waals surface area contributed by atoms with Gasteiger partial charge in [-0.15, -0.1) is 0 Å². The van der Waals surface area contributed by atoms with E-state index in [1.807, 2.05) is 36.4 Å². The molecule has 4 amide bonds. The molecule has 4 N–H and O–H groups in total. The van der Waals surface area contributed by atoms with Crippen LogP contribution in [-0.2, 0) is 25.7 Å². The molecular formula is C26H34N4O5. The van der Waals surface area contributed by atoms with Gasteiger partial charge in [-0.05, 0) is 50.5 Å². The number of carbonyl (C=O) groups is 4. The molecule has 1 aliphatic carbocycles. The predicted molar refractivity (Wildman–Crippen MR) is 129 cm³/mol. The Balaban J connectivity index is 1.52. The van der Waals surface area contributed by atoms with E-state index in [4.69, 9.17) is 10.5 Å². The highest BCUT2D eigenvalue weighted by atomic mass is 16.6. The fraction of sp³-hybridized carbons (Fsp3) is 0.538. The summed E-state index contributed by atoms with van der Waals surface area (Å²) in [6.07, 6.45) is 7.43. The summed E-state index contributed by atoms with van der Waals surface area (Å²) in [6.45, 7) is 0.764. The van der Waals surface area contributed by atoms with Crippen LogP contribution in [0.1, 0.15) is 56.9 Å². The Labute approximate surface area is 205 Å². The number of hydrogen-bond donors (Lipinski definition) is 3. The molecule has 9 nitrogen and oxygen atoms in total. The van der Waals surface area contributed by atoms with E-state index < -0.39 is 29.7 Å². The van der Waals surface area contributed by atoms with Crippen molar-refractivity contribution >= 4 is 23.8 Å². The topological polar surface area (TPSA) is 131 Å². The van der Waals surface area contributed by atoms with Crippen molar-refractivity contribution in [3.63, 3.8) is 0 Å². The number of rotatable bonds is 4. The maximum atomic E-state index is 13.4. The lowest BCUT2D eigenvalue weighted by Gasteiger charge is -2.29. The van der Waals surface area contributed by atoms with Crippen LogP contribution in [0.15, 0.2) is 42.5 Å². The minimum Gasteiger partial charge on any atom is -0.436 e. The van der Waals surface area contributed by atoms with E-state index in [9.17, 15) is 19.2 Å². The Morgan fingerprint density at radius 3 is 2.69 bits per heavy atom. The maximum Gasteiger partial charge on any atom is 0.405 e. The molecule has 1 saturated carbocycles. The van der Waals surface area contributed by atoms with Crippen LogP contribution in [0.4, 0.5) is 4.79 Å². The fourth-order valence-corrected chi connectivity index (χ4v) is 5.11. The van der Waals surface area contributed by atoms with Crippen LogP contribution in [-0.4, -0.2) is 52.9 Å². The zero-order valence-electron chi connectivity index (χ0n) is 19.9. The smallest absolute Gasteiger partial charge is 0.405 e. The van der Waals surface area contributed by atoms with Crippen molar-refractivity contribution in [2.24, 2.45) is 11.7 Å². The van der Waals surface area contributed by atoms with Gasteiger partial charge < -0.3 is 26.0 Å². The van der Waals surface area contributed by atoms with Crippen LogP contribution < -0.4 is 16.4 Å². The van der Waals surface area contributed by atoms with Gasteiger partial charge in [0, 0.05) is 19.0 Å². The Bertz CT molecular complexity index is 981. The summed E-state index contributed by atoms with van der Waals surface area (Å²) in [5.74, 6) is -1.07. The highest BCUT2D eigenvalue weighted by Gasteiger charge is 2.60. The highest BCUT2D eigenvalue weighted by molar-refractivity contribution is 5.98. The van der Waals surface area contributed by atoms with Gasteiger partial charge in [0.05, 0.1) is 0 Å². The van der Waals surface area contributed by atoms with Crippen molar-refractivity contribution in [3.8, 4) is 0 Å². The predicted octanol–water partition coefficient (Wildman–Crippen LogP) is 2.15. The molecule has 1 aromatic rings. The average Bonchev–Trinajstić information content (AvgIpc) is 3.30. The SMILES string of the molecule is NC(=O)OC1CCCCC/C=C/C2CC2(C(=O)NCc2ccccc2)NC(=O)C2CCCN2C1=O. The van der Waals surface area contributed by atoms with Crippen molar-refractivity contribution in [1.29, 1.82) is 0 Å². The zero-order valence-corrected chi connectivity index (χ0v) is 19.9. The van der Waals surface area contributed by atoms with Crippen molar-refractivity contribution in [2.45, 2.75) is 75.6 Å². The normalized spacial score (nSPS) is 30.1. The van der Waals surface area contributed by atoms with Crippen LogP contribution in [0, 0.1) is 5.92 Å². The first kappa shape index (κ1) is 24.8. The molecule has 188 valence electrons. The second kappa shape index (κ2) is 10.9. The van der Waals surface area contributed by atoms with E-state index in [0.29, 0.717) is 45.2 Å². The average molecular weight is 483 g/mol. The van der Waals surface area contributed by atoms with Gasteiger partial charge in [0.25, 0.3) is 5.91 Å². The Kier molecular flexibility index (Phi) is 7.73. The van der Waals surface area contributed by atoms with Gasteiger partial charge in [0.1, 0.15) is 11.6 Å². The molecule has 2 aliphatic heterocycles. The second-order valence-electron chi connectivity index (χ2n) is 9.62. The minimum atomic E-state index is -1.02. The van der Waals surface area contributed by atoms with Gasteiger partial charge in [-0.2, -0.15) is 0 Å². The molecule has 1 aromatic carbocycles. The lowest BCUT2D eigenvalue weighted by molar-refractivity contribution is -0.146. The van der Waals surface area contributed by atoms with Gasteiger partial charge in [0.2, 0.25) is 11.8 Å². The lowest BCUT2D eigenvalue weighted by Crippen LogP contribution is -2.56. The molecule has 0 bridgehead atoms. The summed E-state index contributed by atoms with van der Waals surface area (Å²) in [7, 11) is 0. The number of ether oxygens (including phenoxy) is 1. The molecule has 0 radical (unpaired) electrons. The number of primary amides is 1. The number of allylic oxidation sites excluding steroid dienone is 1. The molecule has 1 saturated heterocycles. The Hall–Kier alpha value is -3.36. The maximum absolute atomic E-state index is 13.4. The van der Waals surface area contributed by atoms with E-state index in [-0.39, 0.29) is 17.7 Å². The number of hydrogen-bond acceptors (Lipinski definition) is 5. The first-order valence-corrected chi connectivity index (χ1v) is 12.5. The summed E-state index contributed by atoms with van der Waals surface area (Å²) >= 11 is 0. The zero-order chi connectivity index (χ0) is 24.8. The van der Waals surface area contributed by atoms with Crippen molar-refractivity contribution in [3.05, 3.63) is 48.0 Å². The number of nitrogens with zero attached hydrogens (tertiary/aromatic N) is 1. The molecule has 9 heteroatoms. The van der Waals surface area contributed by atoms with E-state index in [1.165, 1.54) is 4.90 Å². The van der Waals surface area contributed by atoms with E-state index >= 15 is 0 Å². The van der Waals surface area contributed by atoms with Gasteiger partial charge >= 0.3 is 6.09 Å². The largest absolute Gasteiger partial charge is 0.436 e. The first-order valence-electron chi connectivity index (χ1n) is 12.5. The van der Waals surface area contributed by atoms with Crippen LogP contribution in [0.2, 0.25) is 0 Å². The number of benzene rings is 1. The fourth-order valence-electron chi connectivity index (χ4n) is 5.11. The van der Waals surface area contributed by atoms with E-state index in [1.54, 1.807) is 0 Å². The molecule has 35 heavy (non-hydrogen) atoms. The lowest BCUT2D eigenvalue weighted by atomic mass is 10.1. The van der Waals surface area contributed by atoms with Crippen molar-refractivity contribution in [2.75, 3.05) is 6.54 Å². The van der Waals surface area contributed by atoms with Gasteiger partial charge in [-0.3, -0.25) is 14.4 Å². The number of amides is 4. The standard InChI is InChI=1S/C26H34N4O5/c27-25(34)35-21-14-8-3-1-2-7-12-19-16-26(19,24(33)28-17-18-10-5-4-6-11-18)29-22(31)20-13-9-15-30(20)23(21)32/h4-7,10-12,19-21H,1-3,8-9,13-17H2,(H2,27,34)(H,28,33)(H,29,31)/b12-7+. The number of nitrogens with two attached hydrogens (primary N) is 1. The van der Waals surface area contributed by atoms with Crippen molar-refractivity contribution < 1.29 is 23.9 Å². The summed E-state index contributed by atoms with van der Waals surface area (Å²) in [4.78, 5) is 52.8. The Morgan fingerprint density at radius 2 is 1.91 bits per heavy atom. The van der Waals surface area contributed by atoms with Crippen LogP contribution in [0.5, 0.6) is 0 Å². The van der Waals surface area contributed by atoms with Crippen molar-refractivity contribution in [1.82, 2.24) is 15.5 Å². The number of fused-ring (bicyclic) bond motifs is 2. The van der Waals surface area contributed by atoms with Crippen LogP contribution in [0.3, 0.4) is 0 Å². The summed E-state index contributed by atoms with van der Waals surface area (Å²) in [5.41, 5.74) is 5.16. The molecule has 4 unspecified atom stereocenters. The number of nitrogens with one attached hydrogen (secondary N) is 2. The molecule has 3 aliphatic rings.